The molecule has 4 rings (SSSR count). The van der Waals surface area contributed by atoms with E-state index in [1.165, 1.54) is 20.9 Å². The molecule has 0 aliphatic rings. The molecule has 2 aromatic heterocycles. The van der Waals surface area contributed by atoms with Crippen molar-refractivity contribution in [2.75, 3.05) is 0 Å². The van der Waals surface area contributed by atoms with E-state index in [0.29, 0.717) is 0 Å². The van der Waals surface area contributed by atoms with E-state index in [-0.39, 0.29) is 17.1 Å². The summed E-state index contributed by atoms with van der Waals surface area (Å²) < 4.78 is 0. The Hall–Kier alpha value is -1.38. The normalized spacial score (nSPS) is 9.52. The third-order valence-corrected chi connectivity index (χ3v) is 4.77. The predicted molar refractivity (Wildman–Crippen MR) is 90.7 cm³/mol. The molecule has 0 aliphatic carbocycles. The summed E-state index contributed by atoms with van der Waals surface area (Å²) in [6.07, 6.45) is 0. The quantitative estimate of drug-likeness (QED) is 0.227. The Labute approximate surface area is 143 Å². The molecule has 0 radical (unpaired) electrons. The Bertz CT molecular complexity index is 559. The van der Waals surface area contributed by atoms with Crippen LogP contribution in [0.4, 0.5) is 0 Å². The first-order valence-electron chi connectivity index (χ1n) is 6.45. The van der Waals surface area contributed by atoms with Gasteiger partial charge in [-0.1, -0.05) is 12.1 Å². The fourth-order valence-electron chi connectivity index (χ4n) is 1.96. The van der Waals surface area contributed by atoms with Crippen molar-refractivity contribution in [3.05, 3.63) is 83.6 Å². The van der Waals surface area contributed by atoms with Crippen LogP contribution < -0.4 is 0 Å². The Kier molecular flexibility index (Phi) is 6.21. The minimum atomic E-state index is 0. The molecule has 0 bridgehead atoms. The van der Waals surface area contributed by atoms with Gasteiger partial charge in [-0.3, -0.25) is 24.3 Å². The molecule has 0 N–H and O–H groups in total. The van der Waals surface area contributed by atoms with Crippen molar-refractivity contribution >= 4 is 22.7 Å². The molecule has 0 saturated heterocycles. The maximum absolute atomic E-state index is 2.14. The SMILES string of the molecule is [Fe+2].c1c[cH-]c(-[c-]2ccc[s+]2)c1.c1c[cH-]c(-[c-]2ccc[s+]2)c1. The minimum Gasteiger partial charge on any atom is -0.298 e. The molecular weight excluding hydrogens is 336 g/mol. The number of hydrogen-bond acceptors (Lipinski definition) is 0. The first kappa shape index (κ1) is 16.0. The van der Waals surface area contributed by atoms with Gasteiger partial charge < -0.3 is 0 Å². The van der Waals surface area contributed by atoms with Crippen LogP contribution in [0.25, 0.3) is 20.9 Å². The van der Waals surface area contributed by atoms with Crippen LogP contribution in [0.1, 0.15) is 0 Å². The van der Waals surface area contributed by atoms with Crippen molar-refractivity contribution in [2.45, 2.75) is 0 Å². The van der Waals surface area contributed by atoms with Crippen LogP contribution in [-0.4, -0.2) is 0 Å². The molecule has 2 heterocycles. The van der Waals surface area contributed by atoms with Crippen LogP contribution in [-0.2, 0) is 17.1 Å². The molecule has 21 heavy (non-hydrogen) atoms. The molecule has 0 nitrogen and oxygen atoms in total. The van der Waals surface area contributed by atoms with Crippen molar-refractivity contribution in [1.29, 1.82) is 0 Å². The van der Waals surface area contributed by atoms with Gasteiger partial charge in [-0.15, -0.1) is 0 Å². The van der Waals surface area contributed by atoms with Crippen LogP contribution in [0.2, 0.25) is 0 Å². The van der Waals surface area contributed by atoms with E-state index < -0.39 is 0 Å². The zero-order chi connectivity index (χ0) is 13.6. The van der Waals surface area contributed by atoms with Crippen molar-refractivity contribution in [3.63, 3.8) is 0 Å². The van der Waals surface area contributed by atoms with E-state index in [1.807, 2.05) is 0 Å². The van der Waals surface area contributed by atoms with Gasteiger partial charge in [-0.25, -0.2) is 35.4 Å². The van der Waals surface area contributed by atoms with Crippen LogP contribution in [0.3, 0.4) is 0 Å². The molecule has 0 saturated carbocycles. The van der Waals surface area contributed by atoms with Crippen molar-refractivity contribution in [3.8, 4) is 20.9 Å². The molecule has 3 heteroatoms. The number of thiophene rings is 2. The molecular formula is C18H14FeS2. The standard InChI is InChI=1S/2C9H7S.Fe/c2*1-2-5-8(4-1)9-6-3-7-10-9;/h2*1-7H;/q2*-1;+2. The van der Waals surface area contributed by atoms with Gasteiger partial charge in [-0.2, -0.15) is 0 Å². The molecule has 4 aromatic rings. The molecule has 0 amide bonds. The maximum atomic E-state index is 2.14. The van der Waals surface area contributed by atoms with Gasteiger partial charge in [0.1, 0.15) is 22.7 Å². The van der Waals surface area contributed by atoms with Crippen LogP contribution in [0.5, 0.6) is 0 Å². The van der Waals surface area contributed by atoms with Gasteiger partial charge in [0.15, 0.2) is 10.8 Å². The van der Waals surface area contributed by atoms with E-state index in [4.69, 9.17) is 0 Å². The minimum absolute atomic E-state index is 0. The van der Waals surface area contributed by atoms with E-state index in [9.17, 15) is 0 Å². The average Bonchev–Trinajstić information content (AvgIpc) is 3.29. The Balaban J connectivity index is 0.000000147. The third-order valence-electron chi connectivity index (χ3n) is 2.94. The first-order valence-corrected chi connectivity index (χ1v) is 8.20. The molecule has 0 atom stereocenters. The topological polar surface area (TPSA) is 0 Å². The number of rotatable bonds is 2. The Morgan fingerprint density at radius 3 is 1.48 bits per heavy atom. The number of hydrogen-bond donors (Lipinski definition) is 0. The van der Waals surface area contributed by atoms with Gasteiger partial charge in [0.05, 0.1) is 9.75 Å². The average molecular weight is 350 g/mol. The van der Waals surface area contributed by atoms with Gasteiger partial charge in [0, 0.05) is 0 Å². The van der Waals surface area contributed by atoms with Gasteiger partial charge in [-0.05, 0) is 12.1 Å². The third kappa shape index (κ3) is 4.29. The fraction of sp³-hybridized carbons (Fsp3) is 0. The largest absolute Gasteiger partial charge is 2.00 e. The van der Waals surface area contributed by atoms with E-state index >= 15 is 0 Å². The fourth-order valence-corrected chi connectivity index (χ4v) is 3.43. The van der Waals surface area contributed by atoms with Gasteiger partial charge in [0.25, 0.3) is 0 Å². The summed E-state index contributed by atoms with van der Waals surface area (Å²) in [5.41, 5.74) is 2.66. The van der Waals surface area contributed by atoms with Crippen LogP contribution in [0, 0.1) is 0 Å². The second-order valence-corrected chi connectivity index (χ2v) is 6.20. The van der Waals surface area contributed by atoms with Crippen LogP contribution in [0.15, 0.2) is 83.6 Å². The Morgan fingerprint density at radius 1 is 0.714 bits per heavy atom. The second kappa shape index (κ2) is 8.16. The zero-order valence-corrected chi connectivity index (χ0v) is 14.0. The van der Waals surface area contributed by atoms with Crippen molar-refractivity contribution in [2.24, 2.45) is 0 Å². The zero-order valence-electron chi connectivity index (χ0n) is 11.3. The summed E-state index contributed by atoms with van der Waals surface area (Å²) in [6.45, 7) is 0. The smallest absolute Gasteiger partial charge is 0.298 e. The maximum Gasteiger partial charge on any atom is 2.00 e. The van der Waals surface area contributed by atoms with Crippen molar-refractivity contribution < 1.29 is 17.1 Å². The first-order chi connectivity index (χ1) is 9.93. The summed E-state index contributed by atoms with van der Waals surface area (Å²) in [7, 11) is 0. The predicted octanol–water partition coefficient (Wildman–Crippen LogP) is 6.27. The molecule has 0 spiro atoms. The summed E-state index contributed by atoms with van der Waals surface area (Å²) in [5.74, 6) is 0. The molecule has 0 fully saturated rings. The van der Waals surface area contributed by atoms with Crippen molar-refractivity contribution in [1.82, 2.24) is 0 Å². The summed E-state index contributed by atoms with van der Waals surface area (Å²) >= 11 is 3.56. The molecule has 0 unspecified atom stereocenters. The second-order valence-electron chi connectivity index (χ2n) is 4.30. The van der Waals surface area contributed by atoms with E-state index in [2.05, 4.69) is 83.6 Å². The molecule has 106 valence electrons. The summed E-state index contributed by atoms with van der Waals surface area (Å²) in [5, 5.41) is 4.20. The summed E-state index contributed by atoms with van der Waals surface area (Å²) in [6, 6.07) is 25.2. The molecule has 2 aromatic carbocycles. The Morgan fingerprint density at radius 2 is 1.19 bits per heavy atom. The monoisotopic (exact) mass is 350 g/mol. The van der Waals surface area contributed by atoms with Gasteiger partial charge >= 0.3 is 17.1 Å². The van der Waals surface area contributed by atoms with E-state index in [0.717, 1.165) is 0 Å². The molecule has 0 aliphatic heterocycles. The van der Waals surface area contributed by atoms with E-state index in [1.54, 1.807) is 22.7 Å². The summed E-state index contributed by atoms with van der Waals surface area (Å²) in [4.78, 5) is 2.70. The van der Waals surface area contributed by atoms with Gasteiger partial charge in [0.2, 0.25) is 0 Å². The van der Waals surface area contributed by atoms with Crippen LogP contribution >= 0.6 is 22.7 Å².